The first-order valence-electron chi connectivity index (χ1n) is 5.27. The van der Waals surface area contributed by atoms with Crippen molar-refractivity contribution in [1.82, 2.24) is 0 Å². The van der Waals surface area contributed by atoms with Gasteiger partial charge in [0.15, 0.2) is 0 Å². The van der Waals surface area contributed by atoms with Crippen LogP contribution in [0.4, 0.5) is 0 Å². The van der Waals surface area contributed by atoms with Gasteiger partial charge >= 0.3 is 0 Å². The highest BCUT2D eigenvalue weighted by atomic mass is 16.1. The fraction of sp³-hybridized carbons (Fsp3) is 0.385. The highest BCUT2D eigenvalue weighted by Gasteiger charge is 2.21. The van der Waals surface area contributed by atoms with Crippen LogP contribution in [0.3, 0.4) is 0 Å². The van der Waals surface area contributed by atoms with E-state index in [1.165, 1.54) is 18.4 Å². The van der Waals surface area contributed by atoms with Crippen LogP contribution in [-0.2, 0) is 12.8 Å². The Bertz CT molecular complexity index is 413. The predicted octanol–water partition coefficient (Wildman–Crippen LogP) is 2.52. The number of nitriles is 1. The molecule has 1 aliphatic rings. The lowest BCUT2D eigenvalue weighted by atomic mass is 10.0. The Labute approximate surface area is 89.5 Å². The van der Waals surface area contributed by atoms with Crippen LogP contribution < -0.4 is 0 Å². The monoisotopic (exact) mass is 199 g/mol. The van der Waals surface area contributed by atoms with Crippen molar-refractivity contribution in [2.75, 3.05) is 0 Å². The minimum Gasteiger partial charge on any atom is -0.298 e. The van der Waals surface area contributed by atoms with Crippen molar-refractivity contribution in [3.05, 3.63) is 34.9 Å². The van der Waals surface area contributed by atoms with Gasteiger partial charge in [-0.25, -0.2) is 0 Å². The van der Waals surface area contributed by atoms with Gasteiger partial charge in [0.25, 0.3) is 0 Å². The zero-order chi connectivity index (χ0) is 10.7. The molecule has 0 unspecified atom stereocenters. The highest BCUT2D eigenvalue weighted by Crippen LogP contribution is 2.32. The third kappa shape index (κ3) is 2.66. The zero-order valence-electron chi connectivity index (χ0n) is 8.57. The minimum atomic E-state index is 0.388. The minimum absolute atomic E-state index is 0.388. The molecule has 0 amide bonds. The van der Waals surface area contributed by atoms with Crippen molar-refractivity contribution in [2.45, 2.75) is 25.7 Å². The Morgan fingerprint density at radius 1 is 1.33 bits per heavy atom. The molecule has 1 fully saturated rings. The zero-order valence-corrected chi connectivity index (χ0v) is 8.57. The summed E-state index contributed by atoms with van der Waals surface area (Å²) < 4.78 is 0. The second-order valence-corrected chi connectivity index (χ2v) is 4.18. The quantitative estimate of drug-likeness (QED) is 0.699. The molecule has 76 valence electrons. The highest BCUT2D eigenvalue weighted by molar-refractivity contribution is 5.75. The van der Waals surface area contributed by atoms with Gasteiger partial charge in [0, 0.05) is 5.56 Å². The van der Waals surface area contributed by atoms with Gasteiger partial charge in [0.05, 0.1) is 12.5 Å². The Kier molecular flexibility index (Phi) is 2.82. The molecular formula is C13H13NO. The summed E-state index contributed by atoms with van der Waals surface area (Å²) >= 11 is 0. The van der Waals surface area contributed by atoms with Crippen LogP contribution in [0.2, 0.25) is 0 Å². The molecule has 0 N–H and O–H groups in total. The molecule has 0 bridgehead atoms. The maximum atomic E-state index is 10.7. The average molecular weight is 199 g/mol. The number of hydrogen-bond acceptors (Lipinski definition) is 2. The van der Waals surface area contributed by atoms with Crippen molar-refractivity contribution in [1.29, 1.82) is 5.26 Å². The van der Waals surface area contributed by atoms with Crippen molar-refractivity contribution < 1.29 is 4.79 Å². The fourth-order valence-electron chi connectivity index (χ4n) is 1.83. The first-order valence-corrected chi connectivity index (χ1v) is 5.27. The number of carbonyl (C=O) groups excluding carboxylic acids is 1. The van der Waals surface area contributed by atoms with Gasteiger partial charge in [-0.1, -0.05) is 6.07 Å². The Morgan fingerprint density at radius 2 is 2.07 bits per heavy atom. The molecule has 0 aromatic heterocycles. The molecule has 1 aromatic rings. The standard InChI is InChI=1S/C13H13NO/c14-4-3-11-6-12(5-10-1-2-10)8-13(7-11)9-15/h6-10H,1-3,5H2. The molecule has 0 saturated heterocycles. The van der Waals surface area contributed by atoms with E-state index in [-0.39, 0.29) is 0 Å². The van der Waals surface area contributed by atoms with E-state index in [0.717, 1.165) is 24.2 Å². The van der Waals surface area contributed by atoms with E-state index in [9.17, 15) is 4.79 Å². The summed E-state index contributed by atoms with van der Waals surface area (Å²) in [5, 5.41) is 8.63. The van der Waals surface area contributed by atoms with E-state index < -0.39 is 0 Å². The van der Waals surface area contributed by atoms with Crippen LogP contribution in [0.1, 0.15) is 34.3 Å². The van der Waals surface area contributed by atoms with Gasteiger partial charge in [-0.2, -0.15) is 5.26 Å². The van der Waals surface area contributed by atoms with Crippen molar-refractivity contribution in [2.24, 2.45) is 5.92 Å². The van der Waals surface area contributed by atoms with Crippen molar-refractivity contribution >= 4 is 6.29 Å². The lowest BCUT2D eigenvalue weighted by Gasteiger charge is -2.03. The third-order valence-electron chi connectivity index (χ3n) is 2.72. The molecule has 15 heavy (non-hydrogen) atoms. The van der Waals surface area contributed by atoms with E-state index in [1.54, 1.807) is 6.07 Å². The summed E-state index contributed by atoms with van der Waals surface area (Å²) in [6.07, 6.45) is 4.91. The number of carbonyl (C=O) groups is 1. The molecule has 0 heterocycles. The maximum Gasteiger partial charge on any atom is 0.150 e. The topological polar surface area (TPSA) is 40.9 Å². The second kappa shape index (κ2) is 4.27. The van der Waals surface area contributed by atoms with Gasteiger partial charge in [0.1, 0.15) is 6.29 Å². The second-order valence-electron chi connectivity index (χ2n) is 4.18. The van der Waals surface area contributed by atoms with Gasteiger partial charge in [-0.15, -0.1) is 0 Å². The lowest BCUT2D eigenvalue weighted by molar-refractivity contribution is 0.112. The number of nitrogens with zero attached hydrogens (tertiary/aromatic N) is 1. The normalized spacial score (nSPS) is 14.6. The molecule has 2 heteroatoms. The summed E-state index contributed by atoms with van der Waals surface area (Å²) in [6.45, 7) is 0. The number of hydrogen-bond donors (Lipinski definition) is 0. The van der Waals surface area contributed by atoms with Gasteiger partial charge in [-0.3, -0.25) is 4.79 Å². The lowest BCUT2D eigenvalue weighted by Crippen LogP contribution is -1.93. The summed E-state index contributed by atoms with van der Waals surface area (Å²) in [5.41, 5.74) is 2.85. The van der Waals surface area contributed by atoms with Gasteiger partial charge in [-0.05, 0) is 48.4 Å². The largest absolute Gasteiger partial charge is 0.298 e. The van der Waals surface area contributed by atoms with Crippen molar-refractivity contribution in [3.8, 4) is 6.07 Å². The number of aldehydes is 1. The van der Waals surface area contributed by atoms with Crippen LogP contribution in [-0.4, -0.2) is 6.29 Å². The maximum absolute atomic E-state index is 10.7. The van der Waals surface area contributed by atoms with E-state index in [2.05, 4.69) is 12.1 Å². The van der Waals surface area contributed by atoms with E-state index in [1.807, 2.05) is 6.07 Å². The van der Waals surface area contributed by atoms with Crippen LogP contribution in [0.15, 0.2) is 18.2 Å². The molecule has 2 nitrogen and oxygen atoms in total. The predicted molar refractivity (Wildman–Crippen MR) is 57.6 cm³/mol. The summed E-state index contributed by atoms with van der Waals surface area (Å²) in [7, 11) is 0. The van der Waals surface area contributed by atoms with Crippen LogP contribution in [0.5, 0.6) is 0 Å². The summed E-state index contributed by atoms with van der Waals surface area (Å²) in [5.74, 6) is 0.807. The Hall–Kier alpha value is -1.62. The number of rotatable bonds is 4. The van der Waals surface area contributed by atoms with Crippen LogP contribution >= 0.6 is 0 Å². The van der Waals surface area contributed by atoms with E-state index in [0.29, 0.717) is 12.0 Å². The van der Waals surface area contributed by atoms with Crippen LogP contribution in [0.25, 0.3) is 0 Å². The van der Waals surface area contributed by atoms with E-state index >= 15 is 0 Å². The van der Waals surface area contributed by atoms with Gasteiger partial charge < -0.3 is 0 Å². The SMILES string of the molecule is N#CCc1cc(C=O)cc(CC2CC2)c1. The molecule has 1 aromatic carbocycles. The summed E-state index contributed by atoms with van der Waals surface area (Å²) in [4.78, 5) is 10.7. The number of benzene rings is 1. The smallest absolute Gasteiger partial charge is 0.150 e. The molecule has 2 rings (SSSR count). The molecule has 0 aliphatic heterocycles. The molecule has 0 atom stereocenters. The first-order chi connectivity index (χ1) is 7.31. The Morgan fingerprint density at radius 3 is 2.67 bits per heavy atom. The molecule has 1 aliphatic carbocycles. The molecular weight excluding hydrogens is 186 g/mol. The first kappa shape index (κ1) is 9.92. The molecule has 0 radical (unpaired) electrons. The molecule has 0 spiro atoms. The third-order valence-corrected chi connectivity index (χ3v) is 2.72. The van der Waals surface area contributed by atoms with Gasteiger partial charge in [0.2, 0.25) is 0 Å². The average Bonchev–Trinajstić information content (AvgIpc) is 3.02. The van der Waals surface area contributed by atoms with E-state index in [4.69, 9.17) is 5.26 Å². The Balaban J connectivity index is 2.23. The van der Waals surface area contributed by atoms with Crippen LogP contribution in [0, 0.1) is 17.2 Å². The molecule has 1 saturated carbocycles. The fourth-order valence-corrected chi connectivity index (χ4v) is 1.83. The summed E-state index contributed by atoms with van der Waals surface area (Å²) in [6, 6.07) is 7.90. The van der Waals surface area contributed by atoms with Crippen molar-refractivity contribution in [3.63, 3.8) is 0 Å².